The smallest absolute Gasteiger partial charge is 0.549 e. The van der Waals surface area contributed by atoms with Crippen LogP contribution in [-0.4, -0.2) is 28.6 Å². The van der Waals surface area contributed by atoms with Gasteiger partial charge in [-0.1, -0.05) is 0 Å². The van der Waals surface area contributed by atoms with Crippen molar-refractivity contribution in [3.8, 4) is 0 Å². The summed E-state index contributed by atoms with van der Waals surface area (Å²) in [5.74, 6) is -2.69. The molecule has 0 rings (SSSR count). The Balaban J connectivity index is 0. The monoisotopic (exact) mass is 172 g/mol. The topological polar surface area (TPSA) is 77.4 Å². The van der Waals surface area contributed by atoms with Gasteiger partial charge in [0.25, 0.3) is 0 Å². The molecule has 0 unspecified atom stereocenters. The molecular formula is C4H5NaO4S. The first-order valence-electron chi connectivity index (χ1n) is 2.12. The van der Waals surface area contributed by atoms with Gasteiger partial charge in [-0.25, -0.2) is 0 Å². The first-order chi connectivity index (χ1) is 4.13. The molecule has 4 nitrogen and oxygen atoms in total. The number of carboxylic acids is 2. The van der Waals surface area contributed by atoms with Crippen LogP contribution < -0.4 is 34.7 Å². The average Bonchev–Trinajstić information content (AvgIpc) is 1.63. The molecule has 0 fully saturated rings. The molecule has 0 spiro atoms. The first-order valence-corrected chi connectivity index (χ1v) is 3.28. The van der Waals surface area contributed by atoms with E-state index in [0.29, 0.717) is 0 Å². The zero-order valence-corrected chi connectivity index (χ0v) is 8.31. The number of carbonyl (C=O) groups excluding carboxylic acids is 1. The van der Waals surface area contributed by atoms with E-state index in [-0.39, 0.29) is 41.1 Å². The zero-order valence-electron chi connectivity index (χ0n) is 5.49. The van der Waals surface area contributed by atoms with Crippen LogP contribution in [0.1, 0.15) is 0 Å². The Kier molecular flexibility index (Phi) is 9.56. The molecule has 0 saturated heterocycles. The van der Waals surface area contributed by atoms with Gasteiger partial charge >= 0.3 is 35.5 Å². The molecule has 0 bridgehead atoms. The molecule has 1 N–H and O–H groups in total. The van der Waals surface area contributed by atoms with Crippen molar-refractivity contribution in [3.63, 3.8) is 0 Å². The SMILES string of the molecule is O=C([O-])CSCC(=O)O.[Na+]. The van der Waals surface area contributed by atoms with E-state index in [1.54, 1.807) is 0 Å². The summed E-state index contributed by atoms with van der Waals surface area (Å²) in [5.41, 5.74) is 0. The predicted octanol–water partition coefficient (Wildman–Crippen LogP) is -4.44. The average molecular weight is 172 g/mol. The summed E-state index contributed by atoms with van der Waals surface area (Å²) >= 11 is 0.808. The molecule has 0 atom stereocenters. The van der Waals surface area contributed by atoms with Crippen molar-refractivity contribution in [1.29, 1.82) is 0 Å². The third-order valence-corrected chi connectivity index (χ3v) is 1.34. The van der Waals surface area contributed by atoms with Gasteiger partial charge in [-0.2, -0.15) is 0 Å². The maximum absolute atomic E-state index is 9.75. The number of hydrogen-bond donors (Lipinski definition) is 1. The Morgan fingerprint density at radius 2 is 1.90 bits per heavy atom. The number of aliphatic carboxylic acids is 2. The fraction of sp³-hybridized carbons (Fsp3) is 0.500. The van der Waals surface area contributed by atoms with Crippen molar-refractivity contribution in [2.45, 2.75) is 0 Å². The third-order valence-electron chi connectivity index (χ3n) is 0.445. The molecule has 0 radical (unpaired) electrons. The Morgan fingerprint density at radius 3 is 2.20 bits per heavy atom. The number of thioether (sulfide) groups is 1. The quantitative estimate of drug-likeness (QED) is 0.433. The second kappa shape index (κ2) is 7.40. The molecular weight excluding hydrogens is 167 g/mol. The van der Waals surface area contributed by atoms with Gasteiger partial charge in [-0.05, 0) is 0 Å². The van der Waals surface area contributed by atoms with Crippen LogP contribution in [0.2, 0.25) is 0 Å². The van der Waals surface area contributed by atoms with Crippen molar-refractivity contribution in [2.75, 3.05) is 11.5 Å². The Morgan fingerprint density at radius 1 is 1.40 bits per heavy atom. The fourth-order valence-corrected chi connectivity index (χ4v) is 0.665. The van der Waals surface area contributed by atoms with Gasteiger partial charge in [0.2, 0.25) is 0 Å². The van der Waals surface area contributed by atoms with Crippen molar-refractivity contribution < 1.29 is 49.4 Å². The van der Waals surface area contributed by atoms with Crippen LogP contribution in [0.15, 0.2) is 0 Å². The molecule has 0 aromatic carbocycles. The van der Waals surface area contributed by atoms with Crippen LogP contribution in [-0.2, 0) is 9.59 Å². The van der Waals surface area contributed by atoms with E-state index in [9.17, 15) is 14.7 Å². The van der Waals surface area contributed by atoms with E-state index >= 15 is 0 Å². The minimum absolute atomic E-state index is 0. The minimum Gasteiger partial charge on any atom is -0.549 e. The standard InChI is InChI=1S/C4H6O4S.Na/c5-3(6)1-9-2-4(7)8;/h1-2H2,(H,5,6)(H,7,8);/q;+1/p-1. The second-order valence-corrected chi connectivity index (χ2v) is 2.24. The van der Waals surface area contributed by atoms with Crippen LogP contribution in [0.5, 0.6) is 0 Å². The van der Waals surface area contributed by atoms with Crippen LogP contribution in [0.3, 0.4) is 0 Å². The van der Waals surface area contributed by atoms with E-state index in [1.165, 1.54) is 0 Å². The van der Waals surface area contributed by atoms with Crippen molar-refractivity contribution in [2.24, 2.45) is 0 Å². The number of rotatable bonds is 4. The molecule has 0 aliphatic carbocycles. The van der Waals surface area contributed by atoms with Gasteiger partial charge in [0, 0.05) is 5.75 Å². The Labute approximate surface area is 84.3 Å². The van der Waals surface area contributed by atoms with Crippen LogP contribution in [0, 0.1) is 0 Å². The van der Waals surface area contributed by atoms with Gasteiger partial charge in [-0.15, -0.1) is 11.8 Å². The maximum Gasteiger partial charge on any atom is 1.00 e. The molecule has 52 valence electrons. The molecule has 0 aromatic heterocycles. The number of hydrogen-bond acceptors (Lipinski definition) is 4. The second-order valence-electron chi connectivity index (χ2n) is 1.26. The van der Waals surface area contributed by atoms with E-state index in [1.807, 2.05) is 0 Å². The predicted molar refractivity (Wildman–Crippen MR) is 30.0 cm³/mol. The van der Waals surface area contributed by atoms with Gasteiger partial charge in [0.1, 0.15) is 0 Å². The molecule has 10 heavy (non-hydrogen) atoms. The van der Waals surface area contributed by atoms with Crippen molar-refractivity contribution >= 4 is 23.7 Å². The summed E-state index contributed by atoms with van der Waals surface area (Å²) in [5, 5.41) is 17.6. The summed E-state index contributed by atoms with van der Waals surface area (Å²) in [7, 11) is 0. The van der Waals surface area contributed by atoms with Gasteiger partial charge in [-0.3, -0.25) is 4.79 Å². The summed E-state index contributed by atoms with van der Waals surface area (Å²) < 4.78 is 0. The number of carboxylic acid groups (broad SMARTS) is 2. The van der Waals surface area contributed by atoms with E-state index in [2.05, 4.69) is 0 Å². The third kappa shape index (κ3) is 11.1. The number of carbonyl (C=O) groups is 2. The van der Waals surface area contributed by atoms with E-state index in [0.717, 1.165) is 11.8 Å². The van der Waals surface area contributed by atoms with E-state index < -0.39 is 11.9 Å². The Bertz CT molecular complexity index is 112. The largest absolute Gasteiger partial charge is 1.00 e. The van der Waals surface area contributed by atoms with Crippen molar-refractivity contribution in [1.82, 2.24) is 0 Å². The fourth-order valence-electron chi connectivity index (χ4n) is 0.222. The van der Waals surface area contributed by atoms with Crippen LogP contribution >= 0.6 is 11.8 Å². The minimum atomic E-state index is -1.23. The maximum atomic E-state index is 9.75. The van der Waals surface area contributed by atoms with Crippen LogP contribution in [0.25, 0.3) is 0 Å². The molecule has 0 aliphatic heterocycles. The molecule has 0 heterocycles. The summed E-state index contributed by atoms with van der Waals surface area (Å²) in [4.78, 5) is 19.4. The Hall–Kier alpha value is 0.290. The summed E-state index contributed by atoms with van der Waals surface area (Å²) in [6.45, 7) is 0. The molecule has 0 aromatic rings. The molecule has 0 aliphatic rings. The van der Waals surface area contributed by atoms with Gasteiger partial charge in [0.05, 0.1) is 11.7 Å². The van der Waals surface area contributed by atoms with Gasteiger partial charge < -0.3 is 15.0 Å². The first kappa shape index (κ1) is 12.9. The summed E-state index contributed by atoms with van der Waals surface area (Å²) in [6.07, 6.45) is 0. The normalized spacial score (nSPS) is 8.00. The van der Waals surface area contributed by atoms with Gasteiger partial charge in [0.15, 0.2) is 0 Å². The molecule has 0 saturated carbocycles. The summed E-state index contributed by atoms with van der Waals surface area (Å²) in [6, 6.07) is 0. The van der Waals surface area contributed by atoms with E-state index in [4.69, 9.17) is 5.11 Å². The van der Waals surface area contributed by atoms with Crippen molar-refractivity contribution in [3.05, 3.63) is 0 Å². The molecule has 6 heteroatoms. The molecule has 0 amide bonds. The zero-order chi connectivity index (χ0) is 7.28. The van der Waals surface area contributed by atoms with Crippen LogP contribution in [0.4, 0.5) is 0 Å².